The van der Waals surface area contributed by atoms with Crippen molar-refractivity contribution in [2.45, 2.75) is 38.3 Å². The van der Waals surface area contributed by atoms with Gasteiger partial charge < -0.3 is 5.11 Å². The van der Waals surface area contributed by atoms with Crippen LogP contribution in [-0.2, 0) is 4.79 Å². The summed E-state index contributed by atoms with van der Waals surface area (Å²) >= 11 is 1.61. The van der Waals surface area contributed by atoms with E-state index in [4.69, 9.17) is 5.11 Å². The van der Waals surface area contributed by atoms with Gasteiger partial charge in [0, 0.05) is 5.75 Å². The summed E-state index contributed by atoms with van der Waals surface area (Å²) in [6.45, 7) is 3.53. The number of nitrogens with one attached hydrogen (secondary N) is 1. The van der Waals surface area contributed by atoms with Crippen molar-refractivity contribution in [1.82, 2.24) is 15.2 Å². The first-order valence-corrected chi connectivity index (χ1v) is 6.22. The van der Waals surface area contributed by atoms with E-state index < -0.39 is 11.4 Å². The van der Waals surface area contributed by atoms with Crippen molar-refractivity contribution in [2.75, 3.05) is 5.75 Å². The molecular formula is C10H17N3O2S. The van der Waals surface area contributed by atoms with Crippen molar-refractivity contribution in [3.8, 4) is 0 Å². The molecule has 0 aliphatic rings. The smallest absolute Gasteiger partial charge is 0.309 e. The molecule has 0 saturated carbocycles. The van der Waals surface area contributed by atoms with Crippen molar-refractivity contribution in [3.05, 3.63) is 6.33 Å². The van der Waals surface area contributed by atoms with Gasteiger partial charge in [0.25, 0.3) is 0 Å². The normalized spacial score (nSPS) is 11.6. The number of carboxylic acid groups (broad SMARTS) is 1. The van der Waals surface area contributed by atoms with Crippen LogP contribution < -0.4 is 0 Å². The number of hydrogen-bond acceptors (Lipinski definition) is 4. The molecule has 1 heterocycles. The molecule has 0 aromatic carbocycles. The number of aromatic nitrogens is 3. The Morgan fingerprint density at radius 1 is 1.56 bits per heavy atom. The third kappa shape index (κ3) is 4.22. The van der Waals surface area contributed by atoms with Crippen molar-refractivity contribution in [1.29, 1.82) is 0 Å². The Hall–Kier alpha value is -1.04. The summed E-state index contributed by atoms with van der Waals surface area (Å²) in [7, 11) is 0. The van der Waals surface area contributed by atoms with Gasteiger partial charge in [0.1, 0.15) is 6.33 Å². The minimum atomic E-state index is -0.726. The molecule has 1 aromatic rings. The second-order valence-electron chi connectivity index (χ2n) is 4.29. The Bertz CT molecular complexity index is 325. The molecule has 0 atom stereocenters. The Morgan fingerprint density at radius 2 is 2.31 bits per heavy atom. The fourth-order valence-corrected chi connectivity index (χ4v) is 1.99. The molecule has 6 heteroatoms. The summed E-state index contributed by atoms with van der Waals surface area (Å²) in [6.07, 6.45) is 4.09. The van der Waals surface area contributed by atoms with Crippen molar-refractivity contribution in [2.24, 2.45) is 5.41 Å². The zero-order chi connectivity index (χ0) is 12.0. The van der Waals surface area contributed by atoms with Gasteiger partial charge in [0.05, 0.1) is 5.41 Å². The first-order valence-electron chi connectivity index (χ1n) is 5.24. The lowest BCUT2D eigenvalue weighted by molar-refractivity contribution is -0.147. The maximum absolute atomic E-state index is 10.8. The van der Waals surface area contributed by atoms with E-state index in [1.165, 1.54) is 6.33 Å². The van der Waals surface area contributed by atoms with Crippen LogP contribution in [0.25, 0.3) is 0 Å². The number of carboxylic acids is 1. The van der Waals surface area contributed by atoms with E-state index in [9.17, 15) is 4.79 Å². The van der Waals surface area contributed by atoms with Crippen LogP contribution >= 0.6 is 11.8 Å². The number of H-pyrrole nitrogens is 1. The standard InChI is InChI=1S/C10H17N3O2S/c1-10(2,8(14)15)5-3-4-6-16-9-11-7-12-13-9/h7H,3-6H2,1-2H3,(H,14,15)(H,11,12,13). The topological polar surface area (TPSA) is 78.9 Å². The number of carbonyl (C=O) groups is 1. The summed E-state index contributed by atoms with van der Waals surface area (Å²) < 4.78 is 0. The third-order valence-corrected chi connectivity index (χ3v) is 3.37. The molecule has 2 N–H and O–H groups in total. The van der Waals surface area contributed by atoms with Crippen LogP contribution in [0.2, 0.25) is 0 Å². The lowest BCUT2D eigenvalue weighted by atomic mass is 9.88. The molecule has 90 valence electrons. The molecule has 0 aliphatic carbocycles. The van der Waals surface area contributed by atoms with Gasteiger partial charge in [-0.15, -0.1) is 0 Å². The van der Waals surface area contributed by atoms with Crippen molar-refractivity contribution in [3.63, 3.8) is 0 Å². The zero-order valence-electron chi connectivity index (χ0n) is 9.56. The van der Waals surface area contributed by atoms with Gasteiger partial charge in [0.15, 0.2) is 5.16 Å². The number of unbranched alkanes of at least 4 members (excludes halogenated alkanes) is 1. The average molecular weight is 243 g/mol. The van der Waals surface area contributed by atoms with Gasteiger partial charge in [-0.1, -0.05) is 18.2 Å². The second-order valence-corrected chi connectivity index (χ2v) is 5.37. The number of nitrogens with zero attached hydrogens (tertiary/aromatic N) is 2. The molecule has 0 amide bonds. The van der Waals surface area contributed by atoms with Crippen molar-refractivity contribution >= 4 is 17.7 Å². The Labute approximate surface area is 99.0 Å². The van der Waals surface area contributed by atoms with Gasteiger partial charge in [-0.25, -0.2) is 4.98 Å². The highest BCUT2D eigenvalue weighted by Crippen LogP contribution is 2.24. The largest absolute Gasteiger partial charge is 0.481 e. The predicted octanol–water partition coefficient (Wildman–Crippen LogP) is 2.18. The Morgan fingerprint density at radius 3 is 2.88 bits per heavy atom. The molecular weight excluding hydrogens is 226 g/mol. The molecule has 0 bridgehead atoms. The van der Waals surface area contributed by atoms with Gasteiger partial charge in [-0.05, 0) is 26.7 Å². The van der Waals surface area contributed by atoms with Crippen LogP contribution in [-0.4, -0.2) is 32.0 Å². The highest BCUT2D eigenvalue weighted by Gasteiger charge is 2.25. The summed E-state index contributed by atoms with van der Waals surface area (Å²) in [5, 5.41) is 16.3. The van der Waals surface area contributed by atoms with Gasteiger partial charge in [-0.3, -0.25) is 9.89 Å². The van der Waals surface area contributed by atoms with E-state index in [0.29, 0.717) is 6.42 Å². The van der Waals surface area contributed by atoms with Crippen LogP contribution in [0.3, 0.4) is 0 Å². The fraction of sp³-hybridized carbons (Fsp3) is 0.700. The zero-order valence-corrected chi connectivity index (χ0v) is 10.4. The number of aromatic amines is 1. The maximum atomic E-state index is 10.8. The van der Waals surface area contributed by atoms with Crippen LogP contribution in [0.4, 0.5) is 0 Å². The van der Waals surface area contributed by atoms with Crippen LogP contribution in [0.5, 0.6) is 0 Å². The van der Waals surface area contributed by atoms with E-state index in [-0.39, 0.29) is 0 Å². The van der Waals surface area contributed by atoms with E-state index >= 15 is 0 Å². The first kappa shape index (κ1) is 13.0. The number of rotatable bonds is 7. The van der Waals surface area contributed by atoms with Crippen molar-refractivity contribution < 1.29 is 9.90 Å². The molecule has 16 heavy (non-hydrogen) atoms. The average Bonchev–Trinajstić information content (AvgIpc) is 2.69. The maximum Gasteiger partial charge on any atom is 0.309 e. The number of thioether (sulfide) groups is 1. The fourth-order valence-electron chi connectivity index (χ4n) is 1.21. The second kappa shape index (κ2) is 5.89. The number of hydrogen-bond donors (Lipinski definition) is 2. The monoisotopic (exact) mass is 243 g/mol. The van der Waals surface area contributed by atoms with Crippen LogP contribution in [0.15, 0.2) is 11.5 Å². The Kier molecular flexibility index (Phi) is 4.79. The summed E-state index contributed by atoms with van der Waals surface area (Å²) in [5.74, 6) is 0.209. The summed E-state index contributed by atoms with van der Waals surface area (Å²) in [6, 6.07) is 0. The van der Waals surface area contributed by atoms with Crippen LogP contribution in [0.1, 0.15) is 33.1 Å². The molecule has 0 fully saturated rings. The molecule has 1 aromatic heterocycles. The van der Waals surface area contributed by atoms with E-state index in [1.807, 2.05) is 0 Å². The van der Waals surface area contributed by atoms with E-state index in [2.05, 4.69) is 15.2 Å². The molecule has 5 nitrogen and oxygen atoms in total. The molecule has 0 saturated heterocycles. The number of aliphatic carboxylic acids is 1. The highest BCUT2D eigenvalue weighted by atomic mass is 32.2. The minimum absolute atomic E-state index is 0.614. The third-order valence-electron chi connectivity index (χ3n) is 2.41. The minimum Gasteiger partial charge on any atom is -0.481 e. The van der Waals surface area contributed by atoms with E-state index in [0.717, 1.165) is 23.8 Å². The predicted molar refractivity (Wildman–Crippen MR) is 62.4 cm³/mol. The first-order chi connectivity index (χ1) is 7.52. The molecule has 0 unspecified atom stereocenters. The van der Waals surface area contributed by atoms with Gasteiger partial charge in [-0.2, -0.15) is 5.10 Å². The van der Waals surface area contributed by atoms with Gasteiger partial charge >= 0.3 is 5.97 Å². The SMILES string of the molecule is CC(C)(CCCCSc1ncn[nH]1)C(=O)O. The highest BCUT2D eigenvalue weighted by molar-refractivity contribution is 7.99. The molecule has 1 rings (SSSR count). The summed E-state index contributed by atoms with van der Waals surface area (Å²) in [4.78, 5) is 14.8. The summed E-state index contributed by atoms with van der Waals surface area (Å²) in [5.41, 5.74) is -0.614. The molecule has 0 aliphatic heterocycles. The van der Waals surface area contributed by atoms with Gasteiger partial charge in [0.2, 0.25) is 0 Å². The Balaban J connectivity index is 2.10. The molecule has 0 spiro atoms. The quantitative estimate of drug-likeness (QED) is 0.567. The van der Waals surface area contributed by atoms with E-state index in [1.54, 1.807) is 25.6 Å². The molecule has 0 radical (unpaired) electrons. The van der Waals surface area contributed by atoms with Crippen LogP contribution in [0, 0.1) is 5.41 Å². The lowest BCUT2D eigenvalue weighted by Crippen LogP contribution is -2.23. The lowest BCUT2D eigenvalue weighted by Gasteiger charge is -2.18.